The molecule has 1 aliphatic rings. The average Bonchev–Trinajstić information content (AvgIpc) is 3.32. The molecule has 1 heterocycles. The van der Waals surface area contributed by atoms with Crippen LogP contribution in [0.3, 0.4) is 0 Å². The fraction of sp³-hybridized carbons (Fsp3) is 0.391. The van der Waals surface area contributed by atoms with E-state index in [2.05, 4.69) is 17.9 Å². The summed E-state index contributed by atoms with van der Waals surface area (Å²) in [6.07, 6.45) is -1.86. The molecule has 11 heteroatoms. The van der Waals surface area contributed by atoms with Crippen LogP contribution in [0.15, 0.2) is 42.5 Å². The third-order valence-corrected chi connectivity index (χ3v) is 5.11. The lowest BCUT2D eigenvalue weighted by Gasteiger charge is -2.26. The number of ether oxygens (including phenoxy) is 6. The van der Waals surface area contributed by atoms with Gasteiger partial charge in [0.1, 0.15) is 18.5 Å². The molecule has 2 aromatic carbocycles. The monoisotopic (exact) mass is 493 g/mol. The Hall–Kier alpha value is -3.15. The lowest BCUT2D eigenvalue weighted by Crippen LogP contribution is -2.29. The van der Waals surface area contributed by atoms with Gasteiger partial charge < -0.3 is 33.5 Å². The minimum absolute atomic E-state index is 0.0369. The van der Waals surface area contributed by atoms with E-state index in [0.717, 1.165) is 0 Å². The lowest BCUT2D eigenvalue weighted by atomic mass is 10.0. The van der Waals surface area contributed by atoms with Gasteiger partial charge in [-0.05, 0) is 29.8 Å². The molecule has 0 saturated heterocycles. The number of aliphatic hydroxyl groups is 1. The second-order valence-corrected chi connectivity index (χ2v) is 7.42. The molecule has 1 amide bonds. The summed E-state index contributed by atoms with van der Waals surface area (Å²) >= 11 is 3.88. The van der Waals surface area contributed by atoms with Gasteiger partial charge in [0.15, 0.2) is 17.6 Å². The summed E-state index contributed by atoms with van der Waals surface area (Å²) in [6.45, 7) is 0.245. The van der Waals surface area contributed by atoms with Gasteiger partial charge in [0.05, 0.1) is 19.0 Å². The van der Waals surface area contributed by atoms with Gasteiger partial charge in [-0.3, -0.25) is 10.1 Å². The number of carbonyl (C=O) groups is 2. The highest BCUT2D eigenvalue weighted by molar-refractivity contribution is 7.81. The molecule has 3 rings (SSSR count). The average molecular weight is 494 g/mol. The Balaban J connectivity index is 1.72. The van der Waals surface area contributed by atoms with Gasteiger partial charge in [-0.25, -0.2) is 4.79 Å². The Bertz CT molecular complexity index is 954. The zero-order chi connectivity index (χ0) is 24.3. The highest BCUT2D eigenvalue weighted by Gasteiger charge is 2.28. The predicted octanol–water partition coefficient (Wildman–Crippen LogP) is 2.95. The van der Waals surface area contributed by atoms with Crippen molar-refractivity contribution in [2.45, 2.75) is 18.6 Å². The summed E-state index contributed by atoms with van der Waals surface area (Å²) in [7, 11) is 1.48. The molecule has 10 nitrogen and oxygen atoms in total. The highest BCUT2D eigenvalue weighted by Crippen LogP contribution is 2.34. The van der Waals surface area contributed by atoms with E-state index >= 15 is 0 Å². The SMILES string of the molecule is CO[C@H](CCOC(=O)CS)[C@H](OC(=O)Nc1ccc2c(c1)OCO2)c1ccc(OCCO)cc1. The van der Waals surface area contributed by atoms with Crippen molar-refractivity contribution in [3.63, 3.8) is 0 Å². The predicted molar refractivity (Wildman–Crippen MR) is 125 cm³/mol. The number of rotatable bonds is 12. The quantitative estimate of drug-likeness (QED) is 0.303. The Morgan fingerprint density at radius 2 is 1.88 bits per heavy atom. The van der Waals surface area contributed by atoms with Crippen LogP contribution >= 0.6 is 12.6 Å². The minimum atomic E-state index is -0.819. The van der Waals surface area contributed by atoms with Crippen molar-refractivity contribution in [2.24, 2.45) is 0 Å². The number of hydrogen-bond donors (Lipinski definition) is 3. The number of thiol groups is 1. The van der Waals surface area contributed by atoms with E-state index in [9.17, 15) is 9.59 Å². The van der Waals surface area contributed by atoms with E-state index in [0.29, 0.717) is 28.5 Å². The Morgan fingerprint density at radius 3 is 2.59 bits per heavy atom. The van der Waals surface area contributed by atoms with Crippen LogP contribution < -0.4 is 19.5 Å². The number of hydrogen-bond acceptors (Lipinski definition) is 10. The van der Waals surface area contributed by atoms with Crippen LogP contribution in [0.25, 0.3) is 0 Å². The number of benzene rings is 2. The number of nitrogens with one attached hydrogen (secondary N) is 1. The summed E-state index contributed by atoms with van der Waals surface area (Å²) in [5.74, 6) is 1.17. The summed E-state index contributed by atoms with van der Waals surface area (Å²) in [6, 6.07) is 11.9. The molecule has 2 aromatic rings. The van der Waals surface area contributed by atoms with Crippen molar-refractivity contribution >= 4 is 30.4 Å². The van der Waals surface area contributed by atoms with Gasteiger partial charge in [-0.15, -0.1) is 0 Å². The molecular weight excluding hydrogens is 466 g/mol. The van der Waals surface area contributed by atoms with Crippen LogP contribution in [0.4, 0.5) is 10.5 Å². The molecule has 0 spiro atoms. The maximum Gasteiger partial charge on any atom is 0.412 e. The van der Waals surface area contributed by atoms with Gasteiger partial charge >= 0.3 is 12.1 Å². The first-order valence-corrected chi connectivity index (χ1v) is 11.2. The first-order valence-electron chi connectivity index (χ1n) is 10.5. The third-order valence-electron chi connectivity index (χ3n) is 4.86. The van der Waals surface area contributed by atoms with Crippen LogP contribution in [0.2, 0.25) is 0 Å². The van der Waals surface area contributed by atoms with E-state index in [4.69, 9.17) is 33.5 Å². The first-order chi connectivity index (χ1) is 16.5. The van der Waals surface area contributed by atoms with Crippen molar-refractivity contribution in [1.29, 1.82) is 0 Å². The fourth-order valence-corrected chi connectivity index (χ4v) is 3.33. The van der Waals surface area contributed by atoms with Crippen LogP contribution in [0.5, 0.6) is 17.2 Å². The number of esters is 1. The smallest absolute Gasteiger partial charge is 0.412 e. The number of methoxy groups -OCH3 is 1. The van der Waals surface area contributed by atoms with Crippen molar-refractivity contribution < 1.29 is 43.1 Å². The van der Waals surface area contributed by atoms with Crippen molar-refractivity contribution in [2.75, 3.05) is 44.8 Å². The maximum atomic E-state index is 12.7. The Labute approximate surface area is 202 Å². The Morgan fingerprint density at radius 1 is 1.12 bits per heavy atom. The molecular formula is C23H27NO9S. The lowest BCUT2D eigenvalue weighted by molar-refractivity contribution is -0.141. The third kappa shape index (κ3) is 7.17. The highest BCUT2D eigenvalue weighted by atomic mass is 32.1. The number of aliphatic hydroxyl groups excluding tert-OH is 1. The summed E-state index contributed by atoms with van der Waals surface area (Å²) in [5, 5.41) is 11.6. The zero-order valence-electron chi connectivity index (χ0n) is 18.6. The minimum Gasteiger partial charge on any atom is -0.491 e. The molecule has 0 radical (unpaired) electrons. The normalized spacial score (nSPS) is 13.6. The van der Waals surface area contributed by atoms with Gasteiger partial charge in [-0.2, -0.15) is 12.6 Å². The standard InChI is InChI=1S/C23H27NO9S/c1-28-19(8-10-30-21(26)13-34)22(15-2-5-17(6-3-15)29-11-9-25)33-23(27)24-16-4-7-18-20(12-16)32-14-31-18/h2-7,12,19,22,25,34H,8-11,13-14H2,1H3,(H,24,27)/t19-,22-/m1/s1. The Kier molecular flexibility index (Phi) is 9.68. The van der Waals surface area contributed by atoms with Gasteiger partial charge in [0.2, 0.25) is 6.79 Å². The van der Waals surface area contributed by atoms with Crippen molar-refractivity contribution in [3.8, 4) is 17.2 Å². The van der Waals surface area contributed by atoms with Crippen LogP contribution in [-0.2, 0) is 19.0 Å². The van der Waals surface area contributed by atoms with Gasteiger partial charge in [0, 0.05) is 25.3 Å². The van der Waals surface area contributed by atoms with Crippen LogP contribution in [0.1, 0.15) is 18.1 Å². The molecule has 184 valence electrons. The number of carbonyl (C=O) groups excluding carboxylic acids is 2. The van der Waals surface area contributed by atoms with Crippen LogP contribution in [0, 0.1) is 0 Å². The molecule has 0 saturated carbocycles. The zero-order valence-corrected chi connectivity index (χ0v) is 19.5. The summed E-state index contributed by atoms with van der Waals surface area (Å²) in [5.41, 5.74) is 1.11. The van der Waals surface area contributed by atoms with Crippen molar-refractivity contribution in [1.82, 2.24) is 0 Å². The maximum absolute atomic E-state index is 12.7. The number of fused-ring (bicyclic) bond motifs is 1. The van der Waals surface area contributed by atoms with E-state index in [1.807, 2.05) is 0 Å². The largest absolute Gasteiger partial charge is 0.491 e. The van der Waals surface area contributed by atoms with Gasteiger partial charge in [-0.1, -0.05) is 12.1 Å². The number of anilines is 1. The van der Waals surface area contributed by atoms with Crippen LogP contribution in [-0.4, -0.2) is 62.7 Å². The van der Waals surface area contributed by atoms with Gasteiger partial charge in [0.25, 0.3) is 0 Å². The number of amides is 1. The second kappa shape index (κ2) is 12.9. The molecule has 2 atom stereocenters. The van der Waals surface area contributed by atoms with E-state index in [1.165, 1.54) is 7.11 Å². The van der Waals surface area contributed by atoms with E-state index < -0.39 is 24.3 Å². The molecule has 0 fully saturated rings. The van der Waals surface area contributed by atoms with E-state index in [-0.39, 0.29) is 38.8 Å². The summed E-state index contributed by atoms with van der Waals surface area (Å²) < 4.78 is 32.4. The molecule has 0 bridgehead atoms. The first kappa shape index (κ1) is 25.5. The second-order valence-electron chi connectivity index (χ2n) is 7.10. The molecule has 1 aliphatic heterocycles. The topological polar surface area (TPSA) is 122 Å². The molecule has 34 heavy (non-hydrogen) atoms. The molecule has 0 unspecified atom stereocenters. The molecule has 0 aliphatic carbocycles. The molecule has 0 aromatic heterocycles. The summed E-state index contributed by atoms with van der Waals surface area (Å²) in [4.78, 5) is 24.2. The van der Waals surface area contributed by atoms with E-state index in [1.54, 1.807) is 42.5 Å². The van der Waals surface area contributed by atoms with Crippen molar-refractivity contribution in [3.05, 3.63) is 48.0 Å². The fourth-order valence-electron chi connectivity index (χ4n) is 3.24. The molecule has 2 N–H and O–H groups in total.